The Bertz CT molecular complexity index is 1070. The summed E-state index contributed by atoms with van der Waals surface area (Å²) in [7, 11) is 0. The minimum Gasteiger partial charge on any atom is -0.490 e. The second-order valence-corrected chi connectivity index (χ2v) is 8.80. The topological polar surface area (TPSA) is 83.6 Å². The van der Waals surface area contributed by atoms with Crippen LogP contribution >= 0.6 is 22.9 Å². The number of nitrogens with one attached hydrogen (secondary N) is 2. The van der Waals surface area contributed by atoms with Crippen LogP contribution in [0.3, 0.4) is 0 Å². The van der Waals surface area contributed by atoms with Crippen molar-refractivity contribution >= 4 is 40.6 Å². The fraction of sp³-hybridized carbons (Fsp3) is 0.261. The van der Waals surface area contributed by atoms with Gasteiger partial charge >= 0.3 is 6.03 Å². The van der Waals surface area contributed by atoms with Gasteiger partial charge in [0.05, 0.1) is 6.54 Å². The third-order valence-electron chi connectivity index (χ3n) is 5.09. The molecule has 1 aliphatic rings. The first-order valence-electron chi connectivity index (χ1n) is 10.3. The number of nitrogens with zero attached hydrogens (tertiary/aromatic N) is 2. The van der Waals surface area contributed by atoms with Gasteiger partial charge in [-0.2, -0.15) is 0 Å². The summed E-state index contributed by atoms with van der Waals surface area (Å²) < 4.78 is 5.98. The zero-order chi connectivity index (χ0) is 22.3. The fourth-order valence-electron chi connectivity index (χ4n) is 3.45. The molecular formula is C23H23ClN4O3S. The molecular weight excluding hydrogens is 448 g/mol. The number of anilines is 1. The molecule has 0 radical (unpaired) electrons. The van der Waals surface area contributed by atoms with E-state index < -0.39 is 0 Å². The van der Waals surface area contributed by atoms with Crippen molar-refractivity contribution in [1.82, 2.24) is 15.2 Å². The third kappa shape index (κ3) is 5.99. The van der Waals surface area contributed by atoms with Gasteiger partial charge in [-0.25, -0.2) is 9.78 Å². The van der Waals surface area contributed by atoms with Crippen LogP contribution in [0.15, 0.2) is 60.1 Å². The monoisotopic (exact) mass is 470 g/mol. The number of hydrogen-bond acceptors (Lipinski definition) is 5. The number of ether oxygens (including phenoxy) is 1. The molecule has 1 saturated heterocycles. The molecule has 7 nitrogen and oxygen atoms in total. The number of likely N-dealkylation sites (tertiary alicyclic amines) is 1. The van der Waals surface area contributed by atoms with Gasteiger partial charge in [0.15, 0.2) is 0 Å². The summed E-state index contributed by atoms with van der Waals surface area (Å²) in [6.45, 7) is 1.55. The van der Waals surface area contributed by atoms with Crippen molar-refractivity contribution in [3.63, 3.8) is 0 Å². The SMILES string of the molecule is O=C(NCc1nccs1)c1cccc(NC(=O)N2CCC(Oc3cccc(Cl)c3)CC2)c1. The predicted molar refractivity (Wildman–Crippen MR) is 125 cm³/mol. The maximum Gasteiger partial charge on any atom is 0.321 e. The maximum atomic E-state index is 12.7. The molecule has 32 heavy (non-hydrogen) atoms. The smallest absolute Gasteiger partial charge is 0.321 e. The lowest BCUT2D eigenvalue weighted by molar-refractivity contribution is 0.0950. The Hall–Kier alpha value is -3.10. The van der Waals surface area contributed by atoms with Gasteiger partial charge in [-0.15, -0.1) is 11.3 Å². The summed E-state index contributed by atoms with van der Waals surface area (Å²) in [4.78, 5) is 31.0. The summed E-state index contributed by atoms with van der Waals surface area (Å²) >= 11 is 7.49. The van der Waals surface area contributed by atoms with Gasteiger partial charge in [-0.3, -0.25) is 4.79 Å². The first-order valence-corrected chi connectivity index (χ1v) is 11.6. The Labute approximate surface area is 195 Å². The van der Waals surface area contributed by atoms with Gasteiger partial charge in [-0.05, 0) is 36.4 Å². The van der Waals surface area contributed by atoms with Gasteiger partial charge in [0.2, 0.25) is 0 Å². The molecule has 3 aromatic rings. The second-order valence-electron chi connectivity index (χ2n) is 7.38. The molecule has 2 heterocycles. The van der Waals surface area contributed by atoms with Crippen molar-refractivity contribution in [3.05, 3.63) is 75.7 Å². The lowest BCUT2D eigenvalue weighted by atomic mass is 10.1. The Morgan fingerprint density at radius 3 is 2.72 bits per heavy atom. The number of urea groups is 1. The molecule has 2 aromatic carbocycles. The molecule has 0 unspecified atom stereocenters. The standard InChI is InChI=1S/C23H23ClN4O3S/c24-17-4-2-6-20(14-17)31-19-7-10-28(11-8-19)23(30)27-18-5-1-3-16(13-18)22(29)26-15-21-25-9-12-32-21/h1-6,9,12-14,19H,7-8,10-11,15H2,(H,26,29)(H,27,30). The Morgan fingerprint density at radius 2 is 1.97 bits per heavy atom. The third-order valence-corrected chi connectivity index (χ3v) is 6.10. The van der Waals surface area contributed by atoms with Crippen molar-refractivity contribution < 1.29 is 14.3 Å². The van der Waals surface area contributed by atoms with Gasteiger partial charge in [0.25, 0.3) is 5.91 Å². The largest absolute Gasteiger partial charge is 0.490 e. The summed E-state index contributed by atoms with van der Waals surface area (Å²) in [6, 6.07) is 14.0. The number of benzene rings is 2. The molecule has 3 amide bonds. The van der Waals surface area contributed by atoms with Gasteiger partial charge < -0.3 is 20.3 Å². The van der Waals surface area contributed by atoms with Gasteiger partial charge in [0.1, 0.15) is 16.9 Å². The van der Waals surface area contributed by atoms with E-state index in [9.17, 15) is 9.59 Å². The van der Waals surface area contributed by atoms with Crippen molar-refractivity contribution in [2.45, 2.75) is 25.5 Å². The highest BCUT2D eigenvalue weighted by Crippen LogP contribution is 2.22. The number of carbonyl (C=O) groups is 2. The number of aromatic nitrogens is 1. The fourth-order valence-corrected chi connectivity index (χ4v) is 4.18. The molecule has 0 bridgehead atoms. The highest BCUT2D eigenvalue weighted by Gasteiger charge is 2.24. The molecule has 0 spiro atoms. The van der Waals surface area contributed by atoms with Crippen molar-refractivity contribution in [2.24, 2.45) is 0 Å². The van der Waals surface area contributed by atoms with Crippen LogP contribution in [0.2, 0.25) is 5.02 Å². The summed E-state index contributed by atoms with van der Waals surface area (Å²) in [5.41, 5.74) is 1.06. The average Bonchev–Trinajstić information content (AvgIpc) is 3.32. The summed E-state index contributed by atoms with van der Waals surface area (Å²) in [5, 5.41) is 9.07. The molecule has 2 N–H and O–H groups in total. The van der Waals surface area contributed by atoms with E-state index in [0.717, 1.165) is 23.6 Å². The van der Waals surface area contributed by atoms with Gasteiger partial charge in [-0.1, -0.05) is 23.7 Å². The van der Waals surface area contributed by atoms with Crippen molar-refractivity contribution in [3.8, 4) is 5.75 Å². The van der Waals surface area contributed by atoms with E-state index in [1.54, 1.807) is 47.5 Å². The van der Waals surface area contributed by atoms with Crippen LogP contribution in [0.25, 0.3) is 0 Å². The number of hydrogen-bond donors (Lipinski definition) is 2. The molecule has 0 atom stereocenters. The number of halogens is 1. The van der Waals surface area contributed by atoms with E-state index in [4.69, 9.17) is 16.3 Å². The van der Waals surface area contributed by atoms with Crippen LogP contribution in [-0.4, -0.2) is 41.0 Å². The van der Waals surface area contributed by atoms with Crippen LogP contribution in [0.5, 0.6) is 5.75 Å². The molecule has 1 aliphatic heterocycles. The van der Waals surface area contributed by atoms with E-state index in [-0.39, 0.29) is 18.0 Å². The van der Waals surface area contributed by atoms with Crippen LogP contribution in [0.1, 0.15) is 28.2 Å². The van der Waals surface area contributed by atoms with Crippen LogP contribution < -0.4 is 15.4 Å². The van der Waals surface area contributed by atoms with Crippen molar-refractivity contribution in [1.29, 1.82) is 0 Å². The Balaban J connectivity index is 1.27. The predicted octanol–water partition coefficient (Wildman–Crippen LogP) is 4.80. The van der Waals surface area contributed by atoms with Crippen LogP contribution in [0, 0.1) is 0 Å². The Morgan fingerprint density at radius 1 is 1.16 bits per heavy atom. The van der Waals surface area contributed by atoms with Crippen LogP contribution in [0.4, 0.5) is 10.5 Å². The lowest BCUT2D eigenvalue weighted by Crippen LogP contribution is -2.43. The molecule has 1 aromatic heterocycles. The van der Waals surface area contributed by atoms with E-state index in [2.05, 4.69) is 15.6 Å². The van der Waals surface area contributed by atoms with Gasteiger partial charge in [0, 0.05) is 53.8 Å². The van der Waals surface area contributed by atoms with Crippen molar-refractivity contribution in [2.75, 3.05) is 18.4 Å². The minimum atomic E-state index is -0.213. The first-order chi connectivity index (χ1) is 15.6. The number of carbonyl (C=O) groups excluding carboxylic acids is 2. The van der Waals surface area contributed by atoms with Crippen LogP contribution in [-0.2, 0) is 6.54 Å². The van der Waals surface area contributed by atoms with E-state index in [0.29, 0.717) is 35.9 Å². The highest BCUT2D eigenvalue weighted by molar-refractivity contribution is 7.09. The molecule has 0 saturated carbocycles. The first kappa shape index (κ1) is 22.1. The quantitative estimate of drug-likeness (QED) is 0.542. The summed E-state index contributed by atoms with van der Waals surface area (Å²) in [5.74, 6) is 0.528. The number of rotatable bonds is 6. The Kier molecular flexibility index (Phi) is 7.24. The zero-order valence-electron chi connectivity index (χ0n) is 17.3. The number of amides is 3. The molecule has 1 fully saturated rings. The normalized spacial score (nSPS) is 14.1. The lowest BCUT2D eigenvalue weighted by Gasteiger charge is -2.32. The molecule has 4 rings (SSSR count). The summed E-state index contributed by atoms with van der Waals surface area (Å²) in [6.07, 6.45) is 3.22. The highest BCUT2D eigenvalue weighted by atomic mass is 35.5. The minimum absolute atomic E-state index is 0.0439. The number of thiazole rings is 1. The molecule has 0 aliphatic carbocycles. The number of piperidine rings is 1. The average molecular weight is 471 g/mol. The molecule has 166 valence electrons. The van der Waals surface area contributed by atoms with E-state index >= 15 is 0 Å². The van der Waals surface area contributed by atoms with E-state index in [1.807, 2.05) is 17.5 Å². The molecule has 9 heteroatoms. The maximum absolute atomic E-state index is 12.7. The van der Waals surface area contributed by atoms with E-state index in [1.165, 1.54) is 11.3 Å². The second kappa shape index (κ2) is 10.5. The zero-order valence-corrected chi connectivity index (χ0v) is 18.9.